The highest BCUT2D eigenvalue weighted by Gasteiger charge is 2.10. The van der Waals surface area contributed by atoms with Crippen molar-refractivity contribution >= 4 is 17.2 Å². The third kappa shape index (κ3) is 3.84. The summed E-state index contributed by atoms with van der Waals surface area (Å²) in [6.07, 6.45) is 0. The van der Waals surface area contributed by atoms with E-state index in [1.165, 1.54) is 12.1 Å². The summed E-state index contributed by atoms with van der Waals surface area (Å²) in [5.74, 6) is 1.24. The van der Waals surface area contributed by atoms with Crippen LogP contribution in [0.3, 0.4) is 0 Å². The molecule has 0 atom stereocenters. The minimum absolute atomic E-state index is 0.265. The van der Waals surface area contributed by atoms with E-state index in [-0.39, 0.29) is 5.82 Å². The first kappa shape index (κ1) is 15.1. The molecular weight excluding hydrogens is 269 g/mol. The van der Waals surface area contributed by atoms with Crippen molar-refractivity contribution in [2.75, 3.05) is 24.3 Å². The SMILES string of the molecule is CC(C)COc1nc(N(C)c2ccc(F)cc2)ccc1N. The number of halogens is 1. The van der Waals surface area contributed by atoms with E-state index in [0.29, 0.717) is 29.9 Å². The summed E-state index contributed by atoms with van der Waals surface area (Å²) in [7, 11) is 1.86. The first-order valence-electron chi connectivity index (χ1n) is 6.86. The molecule has 1 aromatic carbocycles. The third-order valence-corrected chi connectivity index (χ3v) is 2.99. The van der Waals surface area contributed by atoms with Crippen LogP contribution in [0.2, 0.25) is 0 Å². The average molecular weight is 289 g/mol. The maximum atomic E-state index is 13.0. The standard InChI is InChI=1S/C16H20FN3O/c1-11(2)10-21-16-14(18)8-9-15(19-16)20(3)13-6-4-12(17)5-7-13/h4-9,11H,10,18H2,1-3H3. The van der Waals surface area contributed by atoms with Crippen LogP contribution in [0, 0.1) is 11.7 Å². The van der Waals surface area contributed by atoms with Gasteiger partial charge >= 0.3 is 0 Å². The van der Waals surface area contributed by atoms with Gasteiger partial charge in [-0.1, -0.05) is 13.8 Å². The van der Waals surface area contributed by atoms with Crippen LogP contribution < -0.4 is 15.4 Å². The summed E-state index contributed by atoms with van der Waals surface area (Å²) >= 11 is 0. The minimum atomic E-state index is -0.265. The molecule has 0 aliphatic carbocycles. The Kier molecular flexibility index (Phi) is 4.62. The van der Waals surface area contributed by atoms with Gasteiger partial charge in [0.1, 0.15) is 11.6 Å². The van der Waals surface area contributed by atoms with Gasteiger partial charge in [0, 0.05) is 12.7 Å². The van der Waals surface area contributed by atoms with Gasteiger partial charge in [-0.3, -0.25) is 0 Å². The summed E-state index contributed by atoms with van der Waals surface area (Å²) in [4.78, 5) is 6.28. The van der Waals surface area contributed by atoms with Gasteiger partial charge in [0.15, 0.2) is 0 Å². The molecule has 2 N–H and O–H groups in total. The zero-order chi connectivity index (χ0) is 15.4. The third-order valence-electron chi connectivity index (χ3n) is 2.99. The van der Waals surface area contributed by atoms with E-state index in [0.717, 1.165) is 5.69 Å². The number of hydrogen-bond acceptors (Lipinski definition) is 4. The van der Waals surface area contributed by atoms with Gasteiger partial charge in [-0.05, 0) is 42.3 Å². The number of ether oxygens (including phenoxy) is 1. The van der Waals surface area contributed by atoms with Crippen LogP contribution in [0.5, 0.6) is 5.88 Å². The van der Waals surface area contributed by atoms with Gasteiger partial charge in [-0.2, -0.15) is 4.98 Å². The molecule has 1 aromatic heterocycles. The minimum Gasteiger partial charge on any atom is -0.476 e. The van der Waals surface area contributed by atoms with Gasteiger partial charge < -0.3 is 15.4 Å². The highest BCUT2D eigenvalue weighted by Crippen LogP contribution is 2.27. The smallest absolute Gasteiger partial charge is 0.239 e. The van der Waals surface area contributed by atoms with Crippen molar-refractivity contribution in [2.45, 2.75) is 13.8 Å². The van der Waals surface area contributed by atoms with Crippen LogP contribution in [0.25, 0.3) is 0 Å². The second-order valence-electron chi connectivity index (χ2n) is 5.30. The summed E-state index contributed by atoms with van der Waals surface area (Å²) in [6.45, 7) is 4.68. The summed E-state index contributed by atoms with van der Waals surface area (Å²) in [6, 6.07) is 9.79. The molecule has 2 rings (SSSR count). The number of rotatable bonds is 5. The van der Waals surface area contributed by atoms with E-state index >= 15 is 0 Å². The molecule has 0 saturated heterocycles. The van der Waals surface area contributed by atoms with Gasteiger partial charge in [-0.15, -0.1) is 0 Å². The van der Waals surface area contributed by atoms with Crippen molar-refractivity contribution in [3.05, 3.63) is 42.2 Å². The lowest BCUT2D eigenvalue weighted by molar-refractivity contribution is 0.263. The van der Waals surface area contributed by atoms with Crippen molar-refractivity contribution in [3.63, 3.8) is 0 Å². The molecule has 4 nitrogen and oxygen atoms in total. The fraction of sp³-hybridized carbons (Fsp3) is 0.312. The number of benzene rings is 1. The Balaban J connectivity index is 2.23. The van der Waals surface area contributed by atoms with Crippen LogP contribution in [0.1, 0.15) is 13.8 Å². The zero-order valence-corrected chi connectivity index (χ0v) is 12.5. The maximum Gasteiger partial charge on any atom is 0.239 e. The van der Waals surface area contributed by atoms with E-state index in [2.05, 4.69) is 18.8 Å². The van der Waals surface area contributed by atoms with Gasteiger partial charge in [0.2, 0.25) is 5.88 Å². The predicted octanol–water partition coefficient (Wildman–Crippen LogP) is 3.61. The number of pyridine rings is 1. The molecule has 2 aromatic rings. The molecule has 0 aliphatic rings. The van der Waals surface area contributed by atoms with E-state index in [1.54, 1.807) is 24.3 Å². The molecular formula is C16H20FN3O. The molecule has 0 fully saturated rings. The normalized spacial score (nSPS) is 10.7. The number of nitrogens with zero attached hydrogens (tertiary/aromatic N) is 2. The summed E-state index contributed by atoms with van der Waals surface area (Å²) in [5, 5.41) is 0. The largest absolute Gasteiger partial charge is 0.476 e. The van der Waals surface area contributed by atoms with E-state index in [4.69, 9.17) is 10.5 Å². The van der Waals surface area contributed by atoms with E-state index in [9.17, 15) is 4.39 Å². The quantitative estimate of drug-likeness (QED) is 0.913. The molecule has 0 unspecified atom stereocenters. The number of aromatic nitrogens is 1. The average Bonchev–Trinajstić information content (AvgIpc) is 2.46. The van der Waals surface area contributed by atoms with Crippen LogP contribution in [-0.2, 0) is 0 Å². The zero-order valence-electron chi connectivity index (χ0n) is 12.5. The highest BCUT2D eigenvalue weighted by molar-refractivity contribution is 5.62. The van der Waals surface area contributed by atoms with Crippen LogP contribution in [0.4, 0.5) is 21.6 Å². The van der Waals surface area contributed by atoms with Crippen molar-refractivity contribution < 1.29 is 9.13 Å². The first-order valence-corrected chi connectivity index (χ1v) is 6.86. The molecule has 0 spiro atoms. The fourth-order valence-corrected chi connectivity index (χ4v) is 1.79. The van der Waals surface area contributed by atoms with Crippen LogP contribution in [0.15, 0.2) is 36.4 Å². The van der Waals surface area contributed by atoms with Crippen LogP contribution in [-0.4, -0.2) is 18.6 Å². The Bertz CT molecular complexity index is 599. The number of nitrogens with two attached hydrogens (primary N) is 1. The van der Waals surface area contributed by atoms with Gasteiger partial charge in [0.25, 0.3) is 0 Å². The Labute approximate surface area is 124 Å². The van der Waals surface area contributed by atoms with Gasteiger partial charge in [-0.25, -0.2) is 4.39 Å². The molecule has 0 saturated carbocycles. The Morgan fingerprint density at radius 3 is 2.48 bits per heavy atom. The van der Waals surface area contributed by atoms with Crippen molar-refractivity contribution in [1.82, 2.24) is 4.98 Å². The van der Waals surface area contributed by atoms with Crippen molar-refractivity contribution in [3.8, 4) is 5.88 Å². The highest BCUT2D eigenvalue weighted by atomic mass is 19.1. The lowest BCUT2D eigenvalue weighted by atomic mass is 10.2. The Morgan fingerprint density at radius 1 is 1.19 bits per heavy atom. The van der Waals surface area contributed by atoms with Crippen molar-refractivity contribution in [2.24, 2.45) is 5.92 Å². The van der Waals surface area contributed by atoms with E-state index < -0.39 is 0 Å². The molecule has 5 heteroatoms. The summed E-state index contributed by atoms with van der Waals surface area (Å²) in [5.41, 5.74) is 7.22. The molecule has 0 aliphatic heterocycles. The fourth-order valence-electron chi connectivity index (χ4n) is 1.79. The topological polar surface area (TPSA) is 51.4 Å². The molecule has 1 heterocycles. The number of hydrogen-bond donors (Lipinski definition) is 1. The molecule has 0 radical (unpaired) electrons. The predicted molar refractivity (Wildman–Crippen MR) is 83.4 cm³/mol. The van der Waals surface area contributed by atoms with Crippen molar-refractivity contribution in [1.29, 1.82) is 0 Å². The second kappa shape index (κ2) is 6.43. The number of anilines is 3. The lowest BCUT2D eigenvalue weighted by Gasteiger charge is -2.20. The second-order valence-corrected chi connectivity index (χ2v) is 5.30. The van der Waals surface area contributed by atoms with Crippen LogP contribution >= 0.6 is 0 Å². The molecule has 21 heavy (non-hydrogen) atoms. The monoisotopic (exact) mass is 289 g/mol. The molecule has 0 bridgehead atoms. The first-order chi connectivity index (χ1) is 9.97. The Morgan fingerprint density at radius 2 is 1.86 bits per heavy atom. The Hall–Kier alpha value is -2.30. The maximum absolute atomic E-state index is 13.0. The molecule has 112 valence electrons. The molecule has 0 amide bonds. The van der Waals surface area contributed by atoms with E-state index in [1.807, 2.05) is 11.9 Å². The van der Waals surface area contributed by atoms with Gasteiger partial charge in [0.05, 0.1) is 12.3 Å². The lowest BCUT2D eigenvalue weighted by Crippen LogP contribution is -2.13. The summed E-state index contributed by atoms with van der Waals surface area (Å²) < 4.78 is 18.6. The number of nitrogen functional groups attached to an aromatic ring is 1.